The quantitative estimate of drug-likeness (QED) is 0.648. The lowest BCUT2D eigenvalue weighted by Gasteiger charge is -2.11. The number of carbonyl (C=O) groups is 1. The summed E-state index contributed by atoms with van der Waals surface area (Å²) < 4.78 is 28.8. The molecule has 2 aromatic rings. The number of amides is 1. The summed E-state index contributed by atoms with van der Waals surface area (Å²) in [6.07, 6.45) is 5.30. The standard InChI is InChI=1S/C18H20F2N6O/c1-4-13(20)14(7-10(2)19)24-15-8-16(21-3)26-17(25-15)12(9-22-26)18(27)23-11-5-6-11/h4,7-9,11,21H,1,5-6H2,2-3H3,(H,23,27)(H,24,25)/b10-7+,14-13-. The molecule has 9 heteroatoms. The Hall–Kier alpha value is -3.23. The molecule has 1 aliphatic rings. The van der Waals surface area contributed by atoms with Crippen molar-refractivity contribution < 1.29 is 13.6 Å². The number of allylic oxidation sites excluding steroid dienone is 4. The fourth-order valence-electron chi connectivity index (χ4n) is 2.47. The number of carbonyl (C=O) groups excluding carboxylic acids is 1. The van der Waals surface area contributed by atoms with Crippen LogP contribution in [-0.2, 0) is 0 Å². The van der Waals surface area contributed by atoms with E-state index in [1.54, 1.807) is 13.1 Å². The van der Waals surface area contributed by atoms with E-state index in [2.05, 4.69) is 32.6 Å². The third kappa shape index (κ3) is 4.13. The Kier molecular flexibility index (Phi) is 5.20. The van der Waals surface area contributed by atoms with Crippen LogP contribution in [0.3, 0.4) is 0 Å². The van der Waals surface area contributed by atoms with Crippen LogP contribution < -0.4 is 16.0 Å². The van der Waals surface area contributed by atoms with Crippen LogP contribution >= 0.6 is 0 Å². The SMILES string of the molecule is C=C/C(F)=C(\C=C(/C)F)Nc1cc(NC)n2ncc(C(=O)NC3CC3)c2n1. The first-order valence-electron chi connectivity index (χ1n) is 8.43. The molecule has 0 unspecified atom stereocenters. The van der Waals surface area contributed by atoms with E-state index in [1.165, 1.54) is 17.6 Å². The number of aromatic nitrogens is 3. The second kappa shape index (κ2) is 7.56. The Labute approximate surface area is 154 Å². The molecule has 27 heavy (non-hydrogen) atoms. The number of hydrogen-bond acceptors (Lipinski definition) is 5. The number of nitrogens with zero attached hydrogens (tertiary/aromatic N) is 3. The molecule has 0 atom stereocenters. The molecule has 3 rings (SSSR count). The van der Waals surface area contributed by atoms with Gasteiger partial charge < -0.3 is 16.0 Å². The lowest BCUT2D eigenvalue weighted by molar-refractivity contribution is 0.0952. The van der Waals surface area contributed by atoms with E-state index in [4.69, 9.17) is 0 Å². The van der Waals surface area contributed by atoms with Crippen molar-refractivity contribution in [2.45, 2.75) is 25.8 Å². The van der Waals surface area contributed by atoms with Gasteiger partial charge >= 0.3 is 0 Å². The molecular formula is C18H20F2N6O. The van der Waals surface area contributed by atoms with Gasteiger partial charge in [0.1, 0.15) is 23.0 Å². The largest absolute Gasteiger partial charge is 0.373 e. The van der Waals surface area contributed by atoms with Gasteiger partial charge in [0, 0.05) is 19.2 Å². The van der Waals surface area contributed by atoms with Crippen LogP contribution in [0, 0.1) is 0 Å². The lowest BCUT2D eigenvalue weighted by atomic mass is 10.3. The Bertz CT molecular complexity index is 954. The van der Waals surface area contributed by atoms with E-state index >= 15 is 0 Å². The second-order valence-electron chi connectivity index (χ2n) is 6.14. The summed E-state index contributed by atoms with van der Waals surface area (Å²) in [5.74, 6) is -0.852. The first kappa shape index (κ1) is 18.6. The fraction of sp³-hybridized carbons (Fsp3) is 0.278. The van der Waals surface area contributed by atoms with Gasteiger partial charge in [-0.1, -0.05) is 6.58 Å². The van der Waals surface area contributed by atoms with Crippen LogP contribution in [0.1, 0.15) is 30.1 Å². The van der Waals surface area contributed by atoms with E-state index in [1.807, 2.05) is 0 Å². The molecule has 3 N–H and O–H groups in total. The number of halogens is 2. The minimum absolute atomic E-state index is 0.132. The van der Waals surface area contributed by atoms with Gasteiger partial charge in [-0.3, -0.25) is 4.79 Å². The van der Waals surface area contributed by atoms with E-state index in [-0.39, 0.29) is 23.5 Å². The Balaban J connectivity index is 2.03. The minimum atomic E-state index is -0.736. The number of nitrogens with one attached hydrogen (secondary N) is 3. The number of rotatable bonds is 7. The molecule has 0 radical (unpaired) electrons. The highest BCUT2D eigenvalue weighted by Gasteiger charge is 2.26. The molecule has 142 valence electrons. The zero-order valence-electron chi connectivity index (χ0n) is 15.0. The highest BCUT2D eigenvalue weighted by atomic mass is 19.1. The molecular weight excluding hydrogens is 354 g/mol. The van der Waals surface area contributed by atoms with Gasteiger partial charge in [-0.05, 0) is 31.9 Å². The maximum Gasteiger partial charge on any atom is 0.256 e. The van der Waals surface area contributed by atoms with Gasteiger partial charge in [0.25, 0.3) is 5.91 Å². The van der Waals surface area contributed by atoms with Crippen LogP contribution in [0.5, 0.6) is 0 Å². The predicted octanol–water partition coefficient (Wildman–Crippen LogP) is 3.32. The van der Waals surface area contributed by atoms with Gasteiger partial charge in [0.15, 0.2) is 5.65 Å². The summed E-state index contributed by atoms with van der Waals surface area (Å²) in [7, 11) is 1.68. The van der Waals surface area contributed by atoms with Crippen molar-refractivity contribution in [2.24, 2.45) is 0 Å². The summed E-state index contributed by atoms with van der Waals surface area (Å²) in [4.78, 5) is 16.8. The third-order valence-corrected chi connectivity index (χ3v) is 3.93. The Morgan fingerprint density at radius 1 is 1.41 bits per heavy atom. The van der Waals surface area contributed by atoms with E-state index < -0.39 is 11.7 Å². The summed E-state index contributed by atoms with van der Waals surface area (Å²) >= 11 is 0. The van der Waals surface area contributed by atoms with Gasteiger partial charge in [0.05, 0.1) is 17.7 Å². The van der Waals surface area contributed by atoms with E-state index in [9.17, 15) is 13.6 Å². The van der Waals surface area contributed by atoms with Crippen LogP contribution in [0.2, 0.25) is 0 Å². The molecule has 1 fully saturated rings. The Morgan fingerprint density at radius 3 is 2.74 bits per heavy atom. The molecule has 1 aliphatic carbocycles. The summed E-state index contributed by atoms with van der Waals surface area (Å²) in [6.45, 7) is 4.55. The topological polar surface area (TPSA) is 83.3 Å². The van der Waals surface area contributed by atoms with Crippen LogP contribution in [0.15, 0.2) is 48.3 Å². The van der Waals surface area contributed by atoms with E-state index in [0.717, 1.165) is 25.0 Å². The average Bonchev–Trinajstić information content (AvgIpc) is 3.34. The van der Waals surface area contributed by atoms with Crippen molar-refractivity contribution >= 4 is 23.2 Å². The lowest BCUT2D eigenvalue weighted by Crippen LogP contribution is -2.25. The van der Waals surface area contributed by atoms with Crippen molar-refractivity contribution in [3.8, 4) is 0 Å². The molecule has 0 saturated heterocycles. The molecule has 0 spiro atoms. The zero-order chi connectivity index (χ0) is 19.6. The second-order valence-corrected chi connectivity index (χ2v) is 6.14. The predicted molar refractivity (Wildman–Crippen MR) is 99.8 cm³/mol. The summed E-state index contributed by atoms with van der Waals surface area (Å²) in [5, 5.41) is 12.7. The molecule has 2 heterocycles. The summed E-state index contributed by atoms with van der Waals surface area (Å²) in [5.41, 5.74) is 0.461. The van der Waals surface area contributed by atoms with Gasteiger partial charge in [0.2, 0.25) is 0 Å². The smallest absolute Gasteiger partial charge is 0.256 e. The van der Waals surface area contributed by atoms with Crippen molar-refractivity contribution in [3.63, 3.8) is 0 Å². The maximum absolute atomic E-state index is 14.0. The average molecular weight is 374 g/mol. The minimum Gasteiger partial charge on any atom is -0.373 e. The first-order valence-corrected chi connectivity index (χ1v) is 8.43. The highest BCUT2D eigenvalue weighted by Crippen LogP contribution is 2.23. The first-order chi connectivity index (χ1) is 12.9. The van der Waals surface area contributed by atoms with Crippen molar-refractivity contribution in [2.75, 3.05) is 17.7 Å². The van der Waals surface area contributed by atoms with Crippen LogP contribution in [0.25, 0.3) is 5.65 Å². The highest BCUT2D eigenvalue weighted by molar-refractivity contribution is 6.00. The van der Waals surface area contributed by atoms with Crippen LogP contribution in [0.4, 0.5) is 20.4 Å². The molecule has 2 aromatic heterocycles. The monoisotopic (exact) mass is 374 g/mol. The van der Waals surface area contributed by atoms with Crippen LogP contribution in [-0.4, -0.2) is 33.6 Å². The van der Waals surface area contributed by atoms with Gasteiger partial charge in [-0.15, -0.1) is 0 Å². The van der Waals surface area contributed by atoms with Crippen molar-refractivity contribution in [1.82, 2.24) is 19.9 Å². The van der Waals surface area contributed by atoms with Gasteiger partial charge in [-0.2, -0.15) is 9.61 Å². The maximum atomic E-state index is 14.0. The fourth-order valence-corrected chi connectivity index (χ4v) is 2.47. The van der Waals surface area contributed by atoms with E-state index in [0.29, 0.717) is 17.0 Å². The zero-order valence-corrected chi connectivity index (χ0v) is 15.0. The number of fused-ring (bicyclic) bond motifs is 1. The number of anilines is 2. The molecule has 1 saturated carbocycles. The normalized spacial score (nSPS) is 15.3. The van der Waals surface area contributed by atoms with Crippen molar-refractivity contribution in [3.05, 3.63) is 53.9 Å². The molecule has 7 nitrogen and oxygen atoms in total. The van der Waals surface area contributed by atoms with Gasteiger partial charge in [-0.25, -0.2) is 13.8 Å². The molecule has 0 bridgehead atoms. The third-order valence-electron chi connectivity index (χ3n) is 3.93. The molecule has 0 aliphatic heterocycles. The van der Waals surface area contributed by atoms with Crippen molar-refractivity contribution in [1.29, 1.82) is 0 Å². The summed E-state index contributed by atoms with van der Waals surface area (Å²) in [6, 6.07) is 1.76. The molecule has 1 amide bonds. The number of hydrogen-bond donors (Lipinski definition) is 3. The molecule has 0 aromatic carbocycles. The Morgan fingerprint density at radius 2 is 2.15 bits per heavy atom.